The highest BCUT2D eigenvalue weighted by Gasteiger charge is 2.24. The summed E-state index contributed by atoms with van der Waals surface area (Å²) < 4.78 is 0. The second-order valence-electron chi connectivity index (χ2n) is 4.71. The second-order valence-corrected chi connectivity index (χ2v) is 4.71. The molecule has 0 aliphatic heterocycles. The molecule has 18 heavy (non-hydrogen) atoms. The maximum atomic E-state index is 11.8. The summed E-state index contributed by atoms with van der Waals surface area (Å²) in [6, 6.07) is 4.18. The van der Waals surface area contributed by atoms with E-state index in [2.05, 4.69) is 5.32 Å². The van der Waals surface area contributed by atoms with Gasteiger partial charge in [0.05, 0.1) is 6.10 Å². The Balaban J connectivity index is 1.96. The lowest BCUT2D eigenvalue weighted by Crippen LogP contribution is -2.28. The minimum atomic E-state index is -0.494. The van der Waals surface area contributed by atoms with Crippen LogP contribution in [-0.2, 0) is 0 Å². The Labute approximate surface area is 105 Å². The fourth-order valence-electron chi connectivity index (χ4n) is 2.32. The highest BCUT2D eigenvalue weighted by atomic mass is 16.3. The smallest absolute Gasteiger partial charge is 0.258 e. The number of aromatic hydroxyl groups is 2. The number of hydrogen-bond donors (Lipinski definition) is 4. The van der Waals surface area contributed by atoms with Crippen molar-refractivity contribution in [2.75, 3.05) is 6.54 Å². The Bertz CT molecular complexity index is 426. The summed E-state index contributed by atoms with van der Waals surface area (Å²) in [7, 11) is 0. The molecular weight excluding hydrogens is 234 g/mol. The monoisotopic (exact) mass is 251 g/mol. The van der Waals surface area contributed by atoms with E-state index in [-0.39, 0.29) is 29.1 Å². The van der Waals surface area contributed by atoms with Crippen LogP contribution in [0, 0.1) is 5.92 Å². The number of rotatable bonds is 3. The van der Waals surface area contributed by atoms with E-state index in [1.165, 1.54) is 18.2 Å². The number of phenolic OH excluding ortho intramolecular Hbond substituents is 2. The molecule has 1 amide bonds. The zero-order chi connectivity index (χ0) is 13.1. The van der Waals surface area contributed by atoms with Crippen molar-refractivity contribution in [3.63, 3.8) is 0 Å². The number of carbonyl (C=O) groups is 1. The molecule has 0 heterocycles. The van der Waals surface area contributed by atoms with Gasteiger partial charge in [-0.25, -0.2) is 0 Å². The average Bonchev–Trinajstić information content (AvgIpc) is 2.72. The number of nitrogens with one attached hydrogen (secondary N) is 1. The van der Waals surface area contributed by atoms with E-state index in [1.807, 2.05) is 0 Å². The second kappa shape index (κ2) is 5.27. The van der Waals surface area contributed by atoms with Gasteiger partial charge < -0.3 is 20.6 Å². The lowest BCUT2D eigenvalue weighted by atomic mass is 10.1. The van der Waals surface area contributed by atoms with Crippen molar-refractivity contribution in [3.05, 3.63) is 23.8 Å². The van der Waals surface area contributed by atoms with Gasteiger partial charge in [0, 0.05) is 6.54 Å². The summed E-state index contributed by atoms with van der Waals surface area (Å²) in [6.07, 6.45) is 2.06. The number of benzene rings is 1. The van der Waals surface area contributed by atoms with E-state index < -0.39 is 5.91 Å². The highest BCUT2D eigenvalue weighted by Crippen LogP contribution is 2.27. The van der Waals surface area contributed by atoms with E-state index in [0.717, 1.165) is 12.8 Å². The van der Waals surface area contributed by atoms with Gasteiger partial charge in [-0.05, 0) is 37.3 Å². The van der Waals surface area contributed by atoms with Gasteiger partial charge >= 0.3 is 0 Å². The highest BCUT2D eigenvalue weighted by molar-refractivity contribution is 5.99. The Hall–Kier alpha value is -1.75. The van der Waals surface area contributed by atoms with Crippen LogP contribution in [-0.4, -0.2) is 33.9 Å². The summed E-state index contributed by atoms with van der Waals surface area (Å²) in [5.41, 5.74) is -0.101. The van der Waals surface area contributed by atoms with Gasteiger partial charge in [0.2, 0.25) is 0 Å². The third-order valence-corrected chi connectivity index (χ3v) is 3.31. The first-order chi connectivity index (χ1) is 8.58. The molecule has 2 unspecified atom stereocenters. The van der Waals surface area contributed by atoms with Gasteiger partial charge in [-0.3, -0.25) is 4.79 Å². The predicted octanol–water partition coefficient (Wildman–Crippen LogP) is 0.989. The summed E-state index contributed by atoms with van der Waals surface area (Å²) in [5.74, 6) is -0.707. The molecule has 1 saturated carbocycles. The molecule has 1 fully saturated rings. The van der Waals surface area contributed by atoms with Crippen LogP contribution in [0.2, 0.25) is 0 Å². The zero-order valence-electron chi connectivity index (χ0n) is 9.97. The SMILES string of the molecule is O=C(NCC1CCC(O)C1)c1c(O)cccc1O. The molecule has 2 atom stereocenters. The van der Waals surface area contributed by atoms with Crippen LogP contribution in [0.1, 0.15) is 29.6 Å². The van der Waals surface area contributed by atoms with Crippen molar-refractivity contribution in [2.24, 2.45) is 5.92 Å². The van der Waals surface area contributed by atoms with E-state index in [0.29, 0.717) is 13.0 Å². The molecule has 1 aromatic rings. The zero-order valence-corrected chi connectivity index (χ0v) is 9.97. The van der Waals surface area contributed by atoms with Crippen molar-refractivity contribution in [1.82, 2.24) is 5.32 Å². The molecule has 1 aliphatic rings. The molecule has 1 aliphatic carbocycles. The molecule has 0 radical (unpaired) electrons. The maximum absolute atomic E-state index is 11.8. The molecule has 0 aromatic heterocycles. The van der Waals surface area contributed by atoms with Gasteiger partial charge in [0.15, 0.2) is 0 Å². The third kappa shape index (κ3) is 2.73. The Morgan fingerprint density at radius 2 is 1.94 bits per heavy atom. The average molecular weight is 251 g/mol. The van der Waals surface area contributed by atoms with E-state index in [1.54, 1.807) is 0 Å². The molecule has 98 valence electrons. The van der Waals surface area contributed by atoms with Crippen molar-refractivity contribution >= 4 is 5.91 Å². The minimum Gasteiger partial charge on any atom is -0.507 e. The number of aliphatic hydroxyl groups excluding tert-OH is 1. The lowest BCUT2D eigenvalue weighted by Gasteiger charge is -2.12. The third-order valence-electron chi connectivity index (χ3n) is 3.31. The van der Waals surface area contributed by atoms with Crippen LogP contribution in [0.25, 0.3) is 0 Å². The van der Waals surface area contributed by atoms with E-state index in [9.17, 15) is 20.1 Å². The fraction of sp³-hybridized carbons (Fsp3) is 0.462. The number of aliphatic hydroxyl groups is 1. The van der Waals surface area contributed by atoms with Crippen molar-refractivity contribution in [3.8, 4) is 11.5 Å². The van der Waals surface area contributed by atoms with Gasteiger partial charge in [-0.15, -0.1) is 0 Å². The molecule has 0 saturated heterocycles. The molecule has 5 nitrogen and oxygen atoms in total. The van der Waals surface area contributed by atoms with Crippen molar-refractivity contribution in [1.29, 1.82) is 0 Å². The Morgan fingerprint density at radius 1 is 1.28 bits per heavy atom. The largest absolute Gasteiger partial charge is 0.507 e. The first kappa shape index (κ1) is 12.7. The Morgan fingerprint density at radius 3 is 2.50 bits per heavy atom. The van der Waals surface area contributed by atoms with E-state index in [4.69, 9.17) is 0 Å². The van der Waals surface area contributed by atoms with Crippen LogP contribution in [0.15, 0.2) is 18.2 Å². The van der Waals surface area contributed by atoms with Crippen LogP contribution in [0.3, 0.4) is 0 Å². The van der Waals surface area contributed by atoms with Crippen LogP contribution in [0.4, 0.5) is 0 Å². The number of amides is 1. The number of phenols is 2. The van der Waals surface area contributed by atoms with Crippen LogP contribution in [0.5, 0.6) is 11.5 Å². The summed E-state index contributed by atoms with van der Waals surface area (Å²) in [5, 5.41) is 31.1. The number of carbonyl (C=O) groups excluding carboxylic acids is 1. The molecule has 4 N–H and O–H groups in total. The standard InChI is InChI=1S/C13H17NO4/c15-9-5-4-8(6-9)7-14-13(18)12-10(16)2-1-3-11(12)17/h1-3,8-9,15-17H,4-7H2,(H,14,18). The number of hydrogen-bond acceptors (Lipinski definition) is 4. The quantitative estimate of drug-likeness (QED) is 0.645. The van der Waals surface area contributed by atoms with Crippen molar-refractivity contribution in [2.45, 2.75) is 25.4 Å². The predicted molar refractivity (Wildman–Crippen MR) is 65.5 cm³/mol. The summed E-state index contributed by atoms with van der Waals surface area (Å²) >= 11 is 0. The molecule has 0 bridgehead atoms. The molecule has 2 rings (SSSR count). The van der Waals surface area contributed by atoms with Gasteiger partial charge in [-0.2, -0.15) is 0 Å². The first-order valence-electron chi connectivity index (χ1n) is 6.05. The van der Waals surface area contributed by atoms with Crippen LogP contribution >= 0.6 is 0 Å². The summed E-state index contributed by atoms with van der Waals surface area (Å²) in [4.78, 5) is 11.8. The lowest BCUT2D eigenvalue weighted by molar-refractivity contribution is 0.0939. The fourth-order valence-corrected chi connectivity index (χ4v) is 2.32. The topological polar surface area (TPSA) is 89.8 Å². The molecule has 0 spiro atoms. The molecule has 1 aromatic carbocycles. The summed E-state index contributed by atoms with van der Waals surface area (Å²) in [6.45, 7) is 0.448. The molecule has 5 heteroatoms. The first-order valence-corrected chi connectivity index (χ1v) is 6.05. The molecular formula is C13H17NO4. The Kier molecular flexibility index (Phi) is 3.72. The van der Waals surface area contributed by atoms with Gasteiger partial charge in [0.25, 0.3) is 5.91 Å². The van der Waals surface area contributed by atoms with Gasteiger partial charge in [0.1, 0.15) is 17.1 Å². The minimum absolute atomic E-state index is 0.101. The van der Waals surface area contributed by atoms with E-state index >= 15 is 0 Å². The van der Waals surface area contributed by atoms with Crippen molar-refractivity contribution < 1.29 is 20.1 Å². The van der Waals surface area contributed by atoms with Crippen LogP contribution < -0.4 is 5.32 Å². The maximum Gasteiger partial charge on any atom is 0.258 e. The van der Waals surface area contributed by atoms with Gasteiger partial charge in [-0.1, -0.05) is 6.07 Å². The normalized spacial score (nSPS) is 22.9.